The van der Waals surface area contributed by atoms with E-state index in [1.165, 1.54) is 22.1 Å². The summed E-state index contributed by atoms with van der Waals surface area (Å²) < 4.78 is 8.30. The van der Waals surface area contributed by atoms with Crippen molar-refractivity contribution in [1.29, 1.82) is 0 Å². The highest BCUT2D eigenvalue weighted by Gasteiger charge is 2.49. The molecule has 130 valence electrons. The summed E-state index contributed by atoms with van der Waals surface area (Å²) in [6.45, 7) is 0. The molecule has 2 aliphatic rings. The minimum atomic E-state index is -1.09. The number of methoxy groups -OCH3 is 1. The van der Waals surface area contributed by atoms with Crippen molar-refractivity contribution in [1.82, 2.24) is 14.3 Å². The van der Waals surface area contributed by atoms with Gasteiger partial charge in [0.25, 0.3) is 5.91 Å². The first-order valence-electron chi connectivity index (χ1n) is 7.66. The first kappa shape index (κ1) is 15.5. The lowest BCUT2D eigenvalue weighted by Gasteiger charge is -2.36. The highest BCUT2D eigenvalue weighted by atomic mass is 32.2. The second-order valence-electron chi connectivity index (χ2n) is 5.83. The fourth-order valence-electron chi connectivity index (χ4n) is 3.12. The quantitative estimate of drug-likeness (QED) is 0.551. The van der Waals surface area contributed by atoms with E-state index in [1.807, 2.05) is 28.8 Å². The summed E-state index contributed by atoms with van der Waals surface area (Å²) in [5, 5.41) is 10.4. The van der Waals surface area contributed by atoms with E-state index in [2.05, 4.69) is 4.98 Å². The van der Waals surface area contributed by atoms with Crippen LogP contribution in [0, 0.1) is 0 Å². The Labute approximate surface area is 155 Å². The third-order valence-corrected chi connectivity index (χ3v) is 6.48. The Balaban J connectivity index is 1.50. The maximum Gasteiger partial charge on any atom is 0.353 e. The fourth-order valence-corrected chi connectivity index (χ4v) is 5.28. The number of thioether (sulfide) groups is 1. The summed E-state index contributed by atoms with van der Waals surface area (Å²) in [7, 11) is 1.63. The van der Waals surface area contributed by atoms with Crippen LogP contribution in [-0.2, 0) is 9.59 Å². The molecule has 1 atom stereocenters. The number of ether oxygens (including phenoxy) is 1. The third-order valence-electron chi connectivity index (χ3n) is 4.38. The number of aliphatic carboxylic acids is 1. The third kappa shape index (κ3) is 2.04. The molecule has 4 heterocycles. The van der Waals surface area contributed by atoms with Crippen LogP contribution in [0.3, 0.4) is 0 Å². The standard InChI is InChI=1S/C17H11N3O4S2/c1-24-9-2-3-11-13(5-9)26-17-18-8(6-19(11)17)4-10-14(21)20-12(16(22)23)7-25-15(10)20/h2-7,15H,1H3,(H,22,23)/t15-/m1/s1. The maximum atomic E-state index is 12.3. The van der Waals surface area contributed by atoms with Gasteiger partial charge in [0, 0.05) is 11.6 Å². The van der Waals surface area contributed by atoms with Crippen LogP contribution in [0.1, 0.15) is 5.69 Å². The molecular formula is C17H11N3O4S2. The van der Waals surface area contributed by atoms with Crippen LogP contribution >= 0.6 is 23.1 Å². The summed E-state index contributed by atoms with van der Waals surface area (Å²) >= 11 is 2.87. The molecule has 26 heavy (non-hydrogen) atoms. The molecule has 1 fully saturated rings. The Morgan fingerprint density at radius 3 is 3.04 bits per heavy atom. The minimum Gasteiger partial charge on any atom is -0.497 e. The average molecular weight is 385 g/mol. The van der Waals surface area contributed by atoms with E-state index in [1.54, 1.807) is 24.5 Å². The molecule has 2 aliphatic heterocycles. The van der Waals surface area contributed by atoms with E-state index < -0.39 is 5.97 Å². The number of rotatable bonds is 3. The highest BCUT2D eigenvalue weighted by molar-refractivity contribution is 8.03. The van der Waals surface area contributed by atoms with E-state index in [0.717, 1.165) is 20.9 Å². The first-order chi connectivity index (χ1) is 12.6. The second-order valence-corrected chi connectivity index (χ2v) is 7.79. The predicted octanol–water partition coefficient (Wildman–Crippen LogP) is 2.78. The molecule has 1 saturated heterocycles. The van der Waals surface area contributed by atoms with Crippen LogP contribution in [0.4, 0.5) is 0 Å². The van der Waals surface area contributed by atoms with Gasteiger partial charge >= 0.3 is 5.97 Å². The van der Waals surface area contributed by atoms with Gasteiger partial charge in [-0.3, -0.25) is 14.1 Å². The first-order valence-corrected chi connectivity index (χ1v) is 9.42. The lowest BCUT2D eigenvalue weighted by Crippen LogP contribution is -2.51. The Kier molecular flexibility index (Phi) is 3.19. The number of fused-ring (bicyclic) bond motifs is 4. The number of carboxylic acid groups (broad SMARTS) is 1. The monoisotopic (exact) mass is 385 g/mol. The largest absolute Gasteiger partial charge is 0.497 e. The molecule has 2 aromatic heterocycles. The zero-order chi connectivity index (χ0) is 18.0. The maximum absolute atomic E-state index is 12.3. The zero-order valence-electron chi connectivity index (χ0n) is 13.4. The molecule has 1 amide bonds. The fraction of sp³-hybridized carbons (Fsp3) is 0.118. The Hall–Kier alpha value is -2.78. The van der Waals surface area contributed by atoms with E-state index >= 15 is 0 Å². The zero-order valence-corrected chi connectivity index (χ0v) is 15.0. The van der Waals surface area contributed by atoms with Gasteiger partial charge in [0.1, 0.15) is 16.8 Å². The Bertz CT molecular complexity index is 1170. The van der Waals surface area contributed by atoms with E-state index in [9.17, 15) is 9.59 Å². The summed E-state index contributed by atoms with van der Waals surface area (Å²) in [6, 6.07) is 5.84. The predicted molar refractivity (Wildman–Crippen MR) is 99.0 cm³/mol. The van der Waals surface area contributed by atoms with Gasteiger partial charge in [0.2, 0.25) is 0 Å². The van der Waals surface area contributed by atoms with E-state index in [4.69, 9.17) is 9.84 Å². The number of thiazole rings is 1. The number of imidazole rings is 1. The lowest BCUT2D eigenvalue weighted by molar-refractivity contribution is -0.141. The molecule has 1 aromatic carbocycles. The van der Waals surface area contributed by atoms with Gasteiger partial charge in [-0.25, -0.2) is 9.78 Å². The molecule has 0 bridgehead atoms. The van der Waals surface area contributed by atoms with Crippen molar-refractivity contribution >= 4 is 56.2 Å². The number of carbonyl (C=O) groups excluding carboxylic acids is 1. The van der Waals surface area contributed by atoms with Gasteiger partial charge in [0.15, 0.2) is 4.96 Å². The van der Waals surface area contributed by atoms with Crippen LogP contribution in [-0.4, -0.2) is 43.8 Å². The topological polar surface area (TPSA) is 84.1 Å². The summed E-state index contributed by atoms with van der Waals surface area (Å²) in [4.78, 5) is 30.1. The number of amides is 1. The van der Waals surface area contributed by atoms with Crippen LogP contribution in [0.25, 0.3) is 21.3 Å². The number of nitrogens with zero attached hydrogens (tertiary/aromatic N) is 3. The molecule has 0 saturated carbocycles. The van der Waals surface area contributed by atoms with Crippen molar-refractivity contribution in [2.45, 2.75) is 5.37 Å². The number of aromatic nitrogens is 2. The number of carboxylic acids is 1. The Morgan fingerprint density at radius 2 is 2.27 bits per heavy atom. The normalized spacial score (nSPS) is 20.6. The molecule has 7 nitrogen and oxygen atoms in total. The van der Waals surface area contributed by atoms with Crippen molar-refractivity contribution in [2.75, 3.05) is 7.11 Å². The smallest absolute Gasteiger partial charge is 0.353 e. The van der Waals surface area contributed by atoms with E-state index in [0.29, 0.717) is 11.3 Å². The molecule has 0 unspecified atom stereocenters. The van der Waals surface area contributed by atoms with Crippen LogP contribution in [0.5, 0.6) is 5.75 Å². The second kappa shape index (κ2) is 5.36. The van der Waals surface area contributed by atoms with Crippen molar-refractivity contribution in [2.24, 2.45) is 0 Å². The van der Waals surface area contributed by atoms with Gasteiger partial charge in [0.05, 0.1) is 28.6 Å². The summed E-state index contributed by atoms with van der Waals surface area (Å²) in [5.74, 6) is -0.569. The number of β-lactam (4-membered cyclic amide) rings is 1. The van der Waals surface area contributed by atoms with Crippen LogP contribution < -0.4 is 4.74 Å². The molecule has 1 N–H and O–H groups in total. The minimum absolute atomic E-state index is 0.0351. The molecule has 0 aliphatic carbocycles. The van der Waals surface area contributed by atoms with Gasteiger partial charge in [-0.1, -0.05) is 11.3 Å². The van der Waals surface area contributed by atoms with Gasteiger partial charge in [-0.05, 0) is 24.3 Å². The average Bonchev–Trinajstić information content (AvgIpc) is 3.29. The van der Waals surface area contributed by atoms with Crippen molar-refractivity contribution in [3.05, 3.63) is 46.8 Å². The highest BCUT2D eigenvalue weighted by Crippen LogP contribution is 2.45. The molecule has 5 rings (SSSR count). The number of carbonyl (C=O) groups is 2. The van der Waals surface area contributed by atoms with E-state index in [-0.39, 0.29) is 17.0 Å². The van der Waals surface area contributed by atoms with Crippen molar-refractivity contribution < 1.29 is 19.4 Å². The van der Waals surface area contributed by atoms with Gasteiger partial charge in [-0.15, -0.1) is 11.8 Å². The van der Waals surface area contributed by atoms with Gasteiger partial charge in [-0.2, -0.15) is 0 Å². The summed E-state index contributed by atoms with van der Waals surface area (Å²) in [5.41, 5.74) is 2.31. The number of hydrogen-bond acceptors (Lipinski definition) is 6. The number of benzene rings is 1. The lowest BCUT2D eigenvalue weighted by atomic mass is 10.0. The van der Waals surface area contributed by atoms with Crippen LogP contribution in [0.2, 0.25) is 0 Å². The molecule has 9 heteroatoms. The molecule has 3 aromatic rings. The summed E-state index contributed by atoms with van der Waals surface area (Å²) in [6.07, 6.45) is 3.62. The molecular weight excluding hydrogens is 374 g/mol. The SMILES string of the molecule is COc1ccc2c(c1)sc1nc(C=C3C(=O)N4C(C(=O)O)=CS[C@H]34)cn12. The Morgan fingerprint density at radius 1 is 1.42 bits per heavy atom. The van der Waals surface area contributed by atoms with Crippen LogP contribution in [0.15, 0.2) is 41.1 Å². The number of hydrogen-bond donors (Lipinski definition) is 1. The molecule has 0 radical (unpaired) electrons. The molecule has 0 spiro atoms. The van der Waals surface area contributed by atoms with Gasteiger partial charge < -0.3 is 9.84 Å². The van der Waals surface area contributed by atoms with Crippen molar-refractivity contribution in [3.63, 3.8) is 0 Å². The van der Waals surface area contributed by atoms with Crippen molar-refractivity contribution in [3.8, 4) is 5.75 Å².